The lowest BCUT2D eigenvalue weighted by Gasteiger charge is -2.15. The zero-order chi connectivity index (χ0) is 24.9. The van der Waals surface area contributed by atoms with Crippen molar-refractivity contribution >= 4 is 18.0 Å². The lowest BCUT2D eigenvalue weighted by Crippen LogP contribution is -2.41. The van der Waals surface area contributed by atoms with Crippen molar-refractivity contribution in [2.45, 2.75) is 56.7 Å². The number of rotatable bonds is 9. The Morgan fingerprint density at radius 3 is 1.84 bits per heavy atom. The van der Waals surface area contributed by atoms with Gasteiger partial charge >= 0.3 is 30.4 Å². The van der Waals surface area contributed by atoms with Crippen molar-refractivity contribution < 1.29 is 55.7 Å². The van der Waals surface area contributed by atoms with Gasteiger partial charge in [0.25, 0.3) is 0 Å². The van der Waals surface area contributed by atoms with Crippen LogP contribution in [-0.4, -0.2) is 52.7 Å². The molecule has 0 saturated heterocycles. The van der Waals surface area contributed by atoms with Gasteiger partial charge in [-0.1, -0.05) is 30.3 Å². The average molecular weight is 476 g/mol. The van der Waals surface area contributed by atoms with Gasteiger partial charge in [0, 0.05) is 12.8 Å². The van der Waals surface area contributed by atoms with Crippen molar-refractivity contribution in [3.63, 3.8) is 0 Å². The predicted molar refractivity (Wildman–Crippen MR) is 97.4 cm³/mol. The molecule has 32 heavy (non-hydrogen) atoms. The minimum atomic E-state index is -4.48. The second kappa shape index (κ2) is 13.4. The van der Waals surface area contributed by atoms with E-state index in [1.165, 1.54) is 0 Å². The first-order valence-corrected chi connectivity index (χ1v) is 8.92. The van der Waals surface area contributed by atoms with Crippen LogP contribution in [0.5, 0.6) is 0 Å². The molecule has 8 nitrogen and oxygen atoms in total. The minimum Gasteiger partial charge on any atom is -0.480 e. The summed E-state index contributed by atoms with van der Waals surface area (Å²) in [6, 6.07) is 5.52. The van der Waals surface area contributed by atoms with Crippen molar-refractivity contribution in [2.24, 2.45) is 5.73 Å². The summed E-state index contributed by atoms with van der Waals surface area (Å²) in [5.74, 6) is -2.95. The van der Waals surface area contributed by atoms with Gasteiger partial charge < -0.3 is 26.0 Å². The fourth-order valence-corrected chi connectivity index (χ4v) is 1.92. The number of aliphatic carboxylic acids is 2. The van der Waals surface area contributed by atoms with E-state index < -0.39 is 68.2 Å². The SMILES string of the molecule is N[C@H](CCC(F)(F)F)C(=O)O.O=C(N[C@H](CCC(F)(F)F)C(=O)O)OCc1ccccc1. The third kappa shape index (κ3) is 15.8. The van der Waals surface area contributed by atoms with Crippen LogP contribution in [0.15, 0.2) is 30.3 Å². The number of carboxylic acids is 2. The van der Waals surface area contributed by atoms with Crippen molar-refractivity contribution in [1.29, 1.82) is 0 Å². The van der Waals surface area contributed by atoms with E-state index >= 15 is 0 Å². The van der Waals surface area contributed by atoms with E-state index in [1.54, 1.807) is 30.3 Å². The maximum Gasteiger partial charge on any atom is 0.408 e. The zero-order valence-electron chi connectivity index (χ0n) is 16.4. The number of hydrogen-bond acceptors (Lipinski definition) is 5. The van der Waals surface area contributed by atoms with Gasteiger partial charge in [0.05, 0.1) is 0 Å². The molecule has 0 aromatic heterocycles. The summed E-state index contributed by atoms with van der Waals surface area (Å²) in [4.78, 5) is 32.1. The Morgan fingerprint density at radius 2 is 1.41 bits per heavy atom. The van der Waals surface area contributed by atoms with E-state index in [9.17, 15) is 40.7 Å². The molecule has 0 unspecified atom stereocenters. The normalized spacial score (nSPS) is 13.2. The monoisotopic (exact) mass is 476 g/mol. The number of ether oxygens (including phenoxy) is 1. The summed E-state index contributed by atoms with van der Waals surface area (Å²) in [7, 11) is 0. The topological polar surface area (TPSA) is 139 Å². The first kappa shape index (κ1) is 29.0. The number of alkyl halides is 6. The highest BCUT2D eigenvalue weighted by Gasteiger charge is 2.31. The maximum absolute atomic E-state index is 12.0. The highest BCUT2D eigenvalue weighted by Crippen LogP contribution is 2.22. The molecule has 0 aliphatic heterocycles. The first-order valence-electron chi connectivity index (χ1n) is 8.92. The number of amides is 1. The number of carbonyl (C=O) groups is 3. The van der Waals surface area contributed by atoms with E-state index in [0.717, 1.165) is 0 Å². The Bertz CT molecular complexity index is 727. The smallest absolute Gasteiger partial charge is 0.408 e. The minimum absolute atomic E-state index is 0.0989. The summed E-state index contributed by atoms with van der Waals surface area (Å²) in [5.41, 5.74) is 5.50. The number of benzene rings is 1. The van der Waals surface area contributed by atoms with Crippen molar-refractivity contribution in [3.8, 4) is 0 Å². The Morgan fingerprint density at radius 1 is 0.906 bits per heavy atom. The molecule has 0 fully saturated rings. The van der Waals surface area contributed by atoms with E-state index in [-0.39, 0.29) is 6.61 Å². The molecule has 5 N–H and O–H groups in total. The van der Waals surface area contributed by atoms with Gasteiger partial charge in [-0.25, -0.2) is 9.59 Å². The third-order valence-corrected chi connectivity index (χ3v) is 3.58. The molecule has 1 aromatic rings. The second-order valence-corrected chi connectivity index (χ2v) is 6.35. The highest BCUT2D eigenvalue weighted by atomic mass is 19.4. The molecule has 0 saturated carbocycles. The van der Waals surface area contributed by atoms with Crippen LogP contribution in [0.25, 0.3) is 0 Å². The van der Waals surface area contributed by atoms with Gasteiger partial charge in [-0.15, -0.1) is 0 Å². The first-order chi connectivity index (χ1) is 14.6. The van der Waals surface area contributed by atoms with Crippen LogP contribution in [0.2, 0.25) is 0 Å². The number of carboxylic acid groups (broad SMARTS) is 2. The third-order valence-electron chi connectivity index (χ3n) is 3.58. The fraction of sp³-hybridized carbons (Fsp3) is 0.500. The molecule has 14 heteroatoms. The summed E-state index contributed by atoms with van der Waals surface area (Å²) in [5, 5.41) is 18.8. The van der Waals surface area contributed by atoms with Gasteiger partial charge in [-0.3, -0.25) is 4.79 Å². The highest BCUT2D eigenvalue weighted by molar-refractivity contribution is 5.79. The molecule has 0 bridgehead atoms. The molecular formula is C18H22F6N2O6. The number of nitrogens with one attached hydrogen (secondary N) is 1. The summed E-state index contributed by atoms with van der Waals surface area (Å²) < 4.78 is 75.2. The van der Waals surface area contributed by atoms with Crippen molar-refractivity contribution in [1.82, 2.24) is 5.32 Å². The molecule has 0 radical (unpaired) electrons. The summed E-state index contributed by atoms with van der Waals surface area (Å²) >= 11 is 0. The van der Waals surface area contributed by atoms with E-state index in [1.807, 2.05) is 5.32 Å². The fourth-order valence-electron chi connectivity index (χ4n) is 1.92. The van der Waals surface area contributed by atoms with Crippen molar-refractivity contribution in [2.75, 3.05) is 0 Å². The Labute approximate surface area is 178 Å². The number of alkyl carbamates (subject to hydrolysis) is 1. The van der Waals surface area contributed by atoms with Crippen LogP contribution in [0.1, 0.15) is 31.2 Å². The lowest BCUT2D eigenvalue weighted by molar-refractivity contribution is -0.147. The molecule has 0 aliphatic rings. The van der Waals surface area contributed by atoms with E-state index in [2.05, 4.69) is 0 Å². The standard InChI is InChI=1S/C13H14F3NO4.C5H8F3NO2/c14-13(15,16)7-6-10(11(18)19)17-12(20)21-8-9-4-2-1-3-5-9;6-5(7,8)2-1-3(9)4(10)11/h1-5,10H,6-8H2,(H,17,20)(H,18,19);3H,1-2,9H2,(H,10,11)/t10-;3-/m11/s1. The molecule has 1 rings (SSSR count). The number of carbonyl (C=O) groups excluding carboxylic acids is 1. The van der Waals surface area contributed by atoms with Gasteiger partial charge in [-0.05, 0) is 18.4 Å². The maximum atomic E-state index is 12.0. The molecule has 0 spiro atoms. The number of halogens is 6. The number of hydrogen-bond donors (Lipinski definition) is 4. The van der Waals surface area contributed by atoms with E-state index in [0.29, 0.717) is 5.56 Å². The van der Waals surface area contributed by atoms with Crippen LogP contribution >= 0.6 is 0 Å². The van der Waals surface area contributed by atoms with E-state index in [4.69, 9.17) is 20.7 Å². The van der Waals surface area contributed by atoms with Crippen molar-refractivity contribution in [3.05, 3.63) is 35.9 Å². The van der Waals surface area contributed by atoms with Crippen LogP contribution in [-0.2, 0) is 20.9 Å². The Hall–Kier alpha value is -3.03. The summed E-state index contributed by atoms with van der Waals surface area (Å²) in [6.07, 6.45) is -13.7. The predicted octanol–water partition coefficient (Wildman–Crippen LogP) is 3.45. The van der Waals surface area contributed by atoms with Gasteiger partial charge in [0.1, 0.15) is 18.7 Å². The molecule has 1 aromatic carbocycles. The van der Waals surface area contributed by atoms with Crippen LogP contribution in [0.3, 0.4) is 0 Å². The molecule has 0 aliphatic carbocycles. The molecule has 2 atom stereocenters. The molecule has 0 heterocycles. The van der Waals surface area contributed by atoms with Gasteiger partial charge in [0.2, 0.25) is 0 Å². The average Bonchev–Trinajstić information content (AvgIpc) is 2.67. The Kier molecular flexibility index (Phi) is 12.1. The van der Waals surface area contributed by atoms with Crippen LogP contribution in [0, 0.1) is 0 Å². The number of nitrogens with two attached hydrogens (primary N) is 1. The second-order valence-electron chi connectivity index (χ2n) is 6.35. The zero-order valence-corrected chi connectivity index (χ0v) is 16.4. The van der Waals surface area contributed by atoms with Crippen LogP contribution < -0.4 is 11.1 Å². The molecule has 1 amide bonds. The summed E-state index contributed by atoms with van der Waals surface area (Å²) in [6.45, 7) is -0.0989. The Balaban J connectivity index is 0.000000739. The van der Waals surface area contributed by atoms with Crippen LogP contribution in [0.4, 0.5) is 31.1 Å². The van der Waals surface area contributed by atoms with Gasteiger partial charge in [-0.2, -0.15) is 26.3 Å². The molecular weight excluding hydrogens is 454 g/mol. The lowest BCUT2D eigenvalue weighted by atomic mass is 10.1. The molecule has 182 valence electrons. The quantitative estimate of drug-likeness (QED) is 0.401. The van der Waals surface area contributed by atoms with Gasteiger partial charge in [0.15, 0.2) is 0 Å². The largest absolute Gasteiger partial charge is 0.480 e.